The molecular formula is C12H8F2N2O4S. The van der Waals surface area contributed by atoms with Gasteiger partial charge in [0.1, 0.15) is 4.92 Å². The SMILES string of the molecule is O=C(Nc1ccc(SC(F)F)cc1)c1ccc([N+](=O)[O-])o1. The van der Waals surface area contributed by atoms with Crippen molar-refractivity contribution in [1.29, 1.82) is 0 Å². The zero-order valence-electron chi connectivity index (χ0n) is 10.3. The van der Waals surface area contributed by atoms with Gasteiger partial charge in [-0.3, -0.25) is 14.9 Å². The number of hydrogen-bond acceptors (Lipinski definition) is 5. The van der Waals surface area contributed by atoms with Crippen molar-refractivity contribution in [2.24, 2.45) is 0 Å². The summed E-state index contributed by atoms with van der Waals surface area (Å²) in [7, 11) is 0. The van der Waals surface area contributed by atoms with Crippen molar-refractivity contribution in [1.82, 2.24) is 0 Å². The molecule has 0 spiro atoms. The van der Waals surface area contributed by atoms with Crippen LogP contribution in [0, 0.1) is 10.1 Å². The van der Waals surface area contributed by atoms with Gasteiger partial charge in [-0.25, -0.2) is 0 Å². The lowest BCUT2D eigenvalue weighted by molar-refractivity contribution is -0.402. The lowest BCUT2D eigenvalue weighted by Gasteiger charge is -2.04. The van der Waals surface area contributed by atoms with Crippen LogP contribution in [0.4, 0.5) is 20.4 Å². The molecule has 0 atom stereocenters. The fourth-order valence-electron chi connectivity index (χ4n) is 1.46. The first-order valence-corrected chi connectivity index (χ1v) is 6.44. The third kappa shape index (κ3) is 4.02. The summed E-state index contributed by atoms with van der Waals surface area (Å²) in [6.45, 7) is 0. The van der Waals surface area contributed by atoms with E-state index in [4.69, 9.17) is 4.42 Å². The number of amides is 1. The van der Waals surface area contributed by atoms with E-state index in [0.29, 0.717) is 22.3 Å². The number of halogens is 2. The van der Waals surface area contributed by atoms with Gasteiger partial charge in [0, 0.05) is 10.6 Å². The van der Waals surface area contributed by atoms with Crippen LogP contribution in [0.15, 0.2) is 45.7 Å². The molecule has 0 bridgehead atoms. The molecule has 0 aliphatic rings. The molecule has 9 heteroatoms. The largest absolute Gasteiger partial charge is 0.433 e. The van der Waals surface area contributed by atoms with Gasteiger partial charge in [0.25, 0.3) is 11.7 Å². The minimum absolute atomic E-state index is 0.215. The Labute approximate surface area is 121 Å². The second kappa shape index (κ2) is 6.35. The molecule has 1 N–H and O–H groups in total. The van der Waals surface area contributed by atoms with Gasteiger partial charge in [0.05, 0.1) is 6.07 Å². The summed E-state index contributed by atoms with van der Waals surface area (Å²) in [5.41, 5.74) is 0.359. The number of nitro groups is 1. The molecule has 6 nitrogen and oxygen atoms in total. The van der Waals surface area contributed by atoms with Crippen LogP contribution >= 0.6 is 11.8 Å². The van der Waals surface area contributed by atoms with Gasteiger partial charge in [0.15, 0.2) is 5.76 Å². The van der Waals surface area contributed by atoms with Gasteiger partial charge < -0.3 is 9.73 Å². The van der Waals surface area contributed by atoms with Crippen molar-refractivity contribution in [3.63, 3.8) is 0 Å². The first kappa shape index (κ1) is 15.0. The standard InChI is InChI=1S/C12H8F2N2O4S/c13-12(14)21-8-3-1-7(2-4-8)15-11(17)9-5-6-10(20-9)16(18)19/h1-6,12H,(H,15,17). The summed E-state index contributed by atoms with van der Waals surface area (Å²) < 4.78 is 29.0. The molecule has 1 amide bonds. The highest BCUT2D eigenvalue weighted by Gasteiger charge is 2.17. The Kier molecular flexibility index (Phi) is 4.53. The topological polar surface area (TPSA) is 85.4 Å². The van der Waals surface area contributed by atoms with Crippen LogP contribution < -0.4 is 5.32 Å². The molecule has 0 aliphatic heterocycles. The average molecular weight is 314 g/mol. The van der Waals surface area contributed by atoms with Gasteiger partial charge in [-0.05, 0) is 30.3 Å². The Balaban J connectivity index is 2.03. The van der Waals surface area contributed by atoms with Gasteiger partial charge in [-0.2, -0.15) is 8.78 Å². The Hall–Kier alpha value is -2.42. The van der Waals surface area contributed by atoms with Crippen molar-refractivity contribution in [2.45, 2.75) is 10.7 Å². The maximum atomic E-state index is 12.1. The summed E-state index contributed by atoms with van der Waals surface area (Å²) in [6.07, 6.45) is 0. The summed E-state index contributed by atoms with van der Waals surface area (Å²) in [6, 6.07) is 7.99. The molecule has 110 valence electrons. The molecule has 0 saturated heterocycles. The van der Waals surface area contributed by atoms with Crippen LogP contribution in [-0.2, 0) is 0 Å². The molecule has 0 fully saturated rings. The summed E-state index contributed by atoms with van der Waals surface area (Å²) in [5, 5.41) is 12.9. The highest BCUT2D eigenvalue weighted by Crippen LogP contribution is 2.26. The van der Waals surface area contributed by atoms with E-state index in [0.717, 1.165) is 6.07 Å². The second-order valence-corrected chi connectivity index (χ2v) is 4.82. The molecule has 1 aromatic heterocycles. The number of benzene rings is 1. The normalized spacial score (nSPS) is 10.6. The highest BCUT2D eigenvalue weighted by molar-refractivity contribution is 7.99. The zero-order valence-corrected chi connectivity index (χ0v) is 11.1. The van der Waals surface area contributed by atoms with Crippen molar-refractivity contribution in [3.05, 3.63) is 52.3 Å². The van der Waals surface area contributed by atoms with E-state index in [2.05, 4.69) is 5.32 Å². The predicted molar refractivity (Wildman–Crippen MR) is 71.6 cm³/mol. The molecule has 1 heterocycles. The van der Waals surface area contributed by atoms with Gasteiger partial charge >= 0.3 is 5.88 Å². The van der Waals surface area contributed by atoms with Crippen LogP contribution in [0.2, 0.25) is 0 Å². The Morgan fingerprint density at radius 3 is 2.43 bits per heavy atom. The highest BCUT2D eigenvalue weighted by atomic mass is 32.2. The Bertz CT molecular complexity index is 658. The van der Waals surface area contributed by atoms with Crippen molar-refractivity contribution >= 4 is 29.2 Å². The van der Waals surface area contributed by atoms with E-state index in [9.17, 15) is 23.7 Å². The monoisotopic (exact) mass is 314 g/mol. The third-order valence-corrected chi connectivity index (χ3v) is 3.06. The summed E-state index contributed by atoms with van der Waals surface area (Å²) in [5.74, 6) is -3.94. The molecule has 2 rings (SSSR count). The first-order chi connectivity index (χ1) is 9.95. The number of thioether (sulfide) groups is 1. The average Bonchev–Trinajstić information content (AvgIpc) is 2.90. The van der Waals surface area contributed by atoms with Gasteiger partial charge in [0.2, 0.25) is 0 Å². The maximum absolute atomic E-state index is 12.1. The van der Waals surface area contributed by atoms with E-state index < -0.39 is 22.5 Å². The van der Waals surface area contributed by atoms with Crippen molar-refractivity contribution in [2.75, 3.05) is 5.32 Å². The van der Waals surface area contributed by atoms with E-state index >= 15 is 0 Å². The molecule has 0 unspecified atom stereocenters. The number of carbonyl (C=O) groups excluding carboxylic acids is 1. The molecule has 1 aromatic carbocycles. The van der Waals surface area contributed by atoms with E-state index in [-0.39, 0.29) is 5.76 Å². The number of rotatable bonds is 5. The molecule has 0 radical (unpaired) electrons. The lowest BCUT2D eigenvalue weighted by Crippen LogP contribution is -2.10. The van der Waals surface area contributed by atoms with E-state index in [1.165, 1.54) is 30.3 Å². The molecule has 2 aromatic rings. The first-order valence-electron chi connectivity index (χ1n) is 5.56. The fourth-order valence-corrected chi connectivity index (χ4v) is 1.96. The number of hydrogen-bond donors (Lipinski definition) is 1. The predicted octanol–water partition coefficient (Wildman–Crippen LogP) is 3.75. The number of alkyl halides is 2. The molecule has 21 heavy (non-hydrogen) atoms. The van der Waals surface area contributed by atoms with E-state index in [1.54, 1.807) is 0 Å². The van der Waals surface area contributed by atoms with Crippen LogP contribution in [0.25, 0.3) is 0 Å². The number of furan rings is 1. The Morgan fingerprint density at radius 2 is 1.90 bits per heavy atom. The van der Waals surface area contributed by atoms with Crippen molar-refractivity contribution < 1.29 is 22.9 Å². The molecule has 0 saturated carbocycles. The lowest BCUT2D eigenvalue weighted by atomic mass is 10.3. The van der Waals surface area contributed by atoms with Crippen LogP contribution in [0.5, 0.6) is 0 Å². The van der Waals surface area contributed by atoms with Crippen LogP contribution in [-0.4, -0.2) is 16.6 Å². The minimum Gasteiger partial charge on any atom is -0.395 e. The van der Waals surface area contributed by atoms with Crippen LogP contribution in [0.1, 0.15) is 10.6 Å². The summed E-state index contributed by atoms with van der Waals surface area (Å²) in [4.78, 5) is 21.8. The Morgan fingerprint density at radius 1 is 1.24 bits per heavy atom. The zero-order chi connectivity index (χ0) is 15.4. The van der Waals surface area contributed by atoms with Gasteiger partial charge in [-0.15, -0.1) is 0 Å². The van der Waals surface area contributed by atoms with Crippen molar-refractivity contribution in [3.8, 4) is 0 Å². The smallest absolute Gasteiger partial charge is 0.395 e. The number of anilines is 1. The quantitative estimate of drug-likeness (QED) is 0.516. The molecular weight excluding hydrogens is 306 g/mol. The third-order valence-electron chi connectivity index (χ3n) is 2.33. The van der Waals surface area contributed by atoms with Crippen LogP contribution in [0.3, 0.4) is 0 Å². The minimum atomic E-state index is -2.52. The summed E-state index contributed by atoms with van der Waals surface area (Å²) >= 11 is 0.389. The maximum Gasteiger partial charge on any atom is 0.433 e. The number of nitrogens with one attached hydrogen (secondary N) is 1. The molecule has 0 aliphatic carbocycles. The van der Waals surface area contributed by atoms with E-state index in [1.807, 2.05) is 0 Å². The number of carbonyl (C=O) groups is 1. The second-order valence-electron chi connectivity index (χ2n) is 3.75. The number of nitrogens with zero attached hydrogens (tertiary/aromatic N) is 1. The fraction of sp³-hybridized carbons (Fsp3) is 0.0833. The van der Waals surface area contributed by atoms with Gasteiger partial charge in [-0.1, -0.05) is 11.8 Å².